The summed E-state index contributed by atoms with van der Waals surface area (Å²) < 4.78 is 26.4. The van der Waals surface area contributed by atoms with E-state index in [-0.39, 0.29) is 5.38 Å². The maximum Gasteiger partial charge on any atom is 0.129 e. The Balaban J connectivity index is 2.53. The molecule has 0 N–H and O–H groups in total. The fourth-order valence-electron chi connectivity index (χ4n) is 1.95. The third-order valence-electron chi connectivity index (χ3n) is 2.67. The highest BCUT2D eigenvalue weighted by Gasteiger charge is 2.20. The van der Waals surface area contributed by atoms with E-state index in [0.29, 0.717) is 17.5 Å². The molecule has 76 valence electrons. The summed E-state index contributed by atoms with van der Waals surface area (Å²) in [6, 6.07) is 2.30. The summed E-state index contributed by atoms with van der Waals surface area (Å²) >= 11 is 6.06. The first-order valence-electron chi connectivity index (χ1n) is 4.80. The van der Waals surface area contributed by atoms with E-state index in [2.05, 4.69) is 0 Å². The summed E-state index contributed by atoms with van der Waals surface area (Å²) in [6.07, 6.45) is 3.38. The molecule has 0 nitrogen and oxygen atoms in total. The first-order chi connectivity index (χ1) is 6.68. The Morgan fingerprint density at radius 1 is 1.21 bits per heavy atom. The average molecular weight is 217 g/mol. The Kier molecular flexibility index (Phi) is 2.73. The Morgan fingerprint density at radius 2 is 2.00 bits per heavy atom. The molecule has 0 heterocycles. The van der Waals surface area contributed by atoms with Gasteiger partial charge >= 0.3 is 0 Å². The smallest absolute Gasteiger partial charge is 0.129 e. The molecule has 0 bridgehead atoms. The Bertz CT molecular complexity index is 349. The number of halogens is 3. The largest absolute Gasteiger partial charge is 0.207 e. The maximum atomic E-state index is 13.4. The molecule has 1 unspecified atom stereocenters. The minimum atomic E-state index is -0.534. The van der Waals surface area contributed by atoms with Crippen LogP contribution >= 0.6 is 11.6 Å². The molecule has 14 heavy (non-hydrogen) atoms. The van der Waals surface area contributed by atoms with Gasteiger partial charge in [0, 0.05) is 6.07 Å². The highest BCUT2D eigenvalue weighted by atomic mass is 35.5. The summed E-state index contributed by atoms with van der Waals surface area (Å²) in [6.45, 7) is 0. The minimum Gasteiger partial charge on any atom is -0.207 e. The highest BCUT2D eigenvalue weighted by Crippen LogP contribution is 2.34. The molecule has 1 atom stereocenters. The van der Waals surface area contributed by atoms with Gasteiger partial charge in [0.05, 0.1) is 5.38 Å². The van der Waals surface area contributed by atoms with Gasteiger partial charge in [-0.25, -0.2) is 8.78 Å². The van der Waals surface area contributed by atoms with Crippen LogP contribution in [0.4, 0.5) is 8.78 Å². The maximum absolute atomic E-state index is 13.4. The molecule has 0 saturated carbocycles. The van der Waals surface area contributed by atoms with Crippen LogP contribution in [0, 0.1) is 11.6 Å². The lowest BCUT2D eigenvalue weighted by Gasteiger charge is -2.11. The Hall–Kier alpha value is -0.630. The second kappa shape index (κ2) is 3.85. The van der Waals surface area contributed by atoms with Crippen molar-refractivity contribution in [3.05, 3.63) is 34.9 Å². The van der Waals surface area contributed by atoms with E-state index in [1.54, 1.807) is 0 Å². The zero-order valence-electron chi connectivity index (χ0n) is 7.69. The lowest BCUT2D eigenvalue weighted by Crippen LogP contribution is -1.99. The molecule has 0 aromatic heterocycles. The summed E-state index contributed by atoms with van der Waals surface area (Å²) in [5.74, 6) is -0.985. The van der Waals surface area contributed by atoms with E-state index in [1.807, 2.05) is 0 Å². The Labute approximate surface area is 86.9 Å². The normalized spacial score (nSPS) is 21.5. The molecule has 1 aliphatic rings. The van der Waals surface area contributed by atoms with Crippen LogP contribution in [0.2, 0.25) is 0 Å². The van der Waals surface area contributed by atoms with Gasteiger partial charge in [-0.1, -0.05) is 6.42 Å². The van der Waals surface area contributed by atoms with Crippen LogP contribution in [-0.2, 0) is 6.42 Å². The van der Waals surface area contributed by atoms with Gasteiger partial charge < -0.3 is 0 Å². The van der Waals surface area contributed by atoms with Gasteiger partial charge in [-0.3, -0.25) is 0 Å². The van der Waals surface area contributed by atoms with Gasteiger partial charge in [0.15, 0.2) is 0 Å². The van der Waals surface area contributed by atoms with E-state index >= 15 is 0 Å². The molecule has 0 amide bonds. The highest BCUT2D eigenvalue weighted by molar-refractivity contribution is 6.20. The van der Waals surface area contributed by atoms with Gasteiger partial charge in [0.25, 0.3) is 0 Å². The summed E-state index contributed by atoms with van der Waals surface area (Å²) in [5, 5.41) is -0.238. The van der Waals surface area contributed by atoms with Crippen LogP contribution in [0.25, 0.3) is 0 Å². The number of hydrogen-bond donors (Lipinski definition) is 0. The van der Waals surface area contributed by atoms with E-state index in [1.165, 1.54) is 6.07 Å². The topological polar surface area (TPSA) is 0 Å². The van der Waals surface area contributed by atoms with E-state index in [0.717, 1.165) is 25.3 Å². The molecule has 0 saturated heterocycles. The lowest BCUT2D eigenvalue weighted by atomic mass is 10.0. The molecule has 3 heteroatoms. The summed E-state index contributed by atoms with van der Waals surface area (Å²) in [5.41, 5.74) is 1.24. The third-order valence-corrected chi connectivity index (χ3v) is 3.12. The third kappa shape index (κ3) is 1.76. The lowest BCUT2D eigenvalue weighted by molar-refractivity contribution is 0.568. The zero-order valence-corrected chi connectivity index (χ0v) is 8.45. The molecule has 1 aromatic rings. The monoisotopic (exact) mass is 216 g/mol. The second-order valence-electron chi connectivity index (χ2n) is 3.67. The van der Waals surface area contributed by atoms with Gasteiger partial charge in [-0.2, -0.15) is 0 Å². The first kappa shape index (κ1) is 9.91. The van der Waals surface area contributed by atoms with Gasteiger partial charge in [-0.05, 0) is 36.5 Å². The van der Waals surface area contributed by atoms with E-state index < -0.39 is 11.6 Å². The predicted molar refractivity (Wildman–Crippen MR) is 52.5 cm³/mol. The molecular formula is C11H11ClF2. The van der Waals surface area contributed by atoms with Crippen molar-refractivity contribution in [2.45, 2.75) is 31.1 Å². The molecule has 2 rings (SSSR count). The van der Waals surface area contributed by atoms with Crippen molar-refractivity contribution < 1.29 is 8.78 Å². The van der Waals surface area contributed by atoms with Crippen molar-refractivity contribution in [2.24, 2.45) is 0 Å². The van der Waals surface area contributed by atoms with Gasteiger partial charge in [0.2, 0.25) is 0 Å². The minimum absolute atomic E-state index is 0.238. The number of rotatable bonds is 0. The number of fused-ring (bicyclic) bond motifs is 1. The van der Waals surface area contributed by atoms with Crippen LogP contribution in [0.1, 0.15) is 35.8 Å². The van der Waals surface area contributed by atoms with Gasteiger partial charge in [0.1, 0.15) is 11.6 Å². The molecule has 0 fully saturated rings. The average Bonchev–Trinajstić information content (AvgIpc) is 2.29. The van der Waals surface area contributed by atoms with Crippen LogP contribution in [0.5, 0.6) is 0 Å². The van der Waals surface area contributed by atoms with Crippen molar-refractivity contribution in [1.29, 1.82) is 0 Å². The first-order valence-corrected chi connectivity index (χ1v) is 5.24. The molecule has 0 radical (unpaired) electrons. The van der Waals surface area contributed by atoms with Crippen molar-refractivity contribution in [2.75, 3.05) is 0 Å². The van der Waals surface area contributed by atoms with Crippen LogP contribution in [0.3, 0.4) is 0 Å². The summed E-state index contributed by atoms with van der Waals surface area (Å²) in [7, 11) is 0. The number of alkyl halides is 1. The second-order valence-corrected chi connectivity index (χ2v) is 4.20. The van der Waals surface area contributed by atoms with Crippen molar-refractivity contribution in [3.8, 4) is 0 Å². The summed E-state index contributed by atoms with van der Waals surface area (Å²) in [4.78, 5) is 0. The fraction of sp³-hybridized carbons (Fsp3) is 0.455. The molecule has 0 spiro atoms. The molecule has 1 aromatic carbocycles. The van der Waals surface area contributed by atoms with E-state index in [4.69, 9.17) is 11.6 Å². The van der Waals surface area contributed by atoms with Gasteiger partial charge in [-0.15, -0.1) is 11.6 Å². The van der Waals surface area contributed by atoms with Crippen molar-refractivity contribution in [1.82, 2.24) is 0 Å². The van der Waals surface area contributed by atoms with Crippen molar-refractivity contribution >= 4 is 11.6 Å². The quantitative estimate of drug-likeness (QED) is 0.455. The fourth-order valence-corrected chi connectivity index (χ4v) is 2.30. The zero-order chi connectivity index (χ0) is 10.1. The number of benzene rings is 1. The van der Waals surface area contributed by atoms with Crippen molar-refractivity contribution in [3.63, 3.8) is 0 Å². The molecule has 1 aliphatic carbocycles. The molecular weight excluding hydrogens is 206 g/mol. The van der Waals surface area contributed by atoms with Crippen LogP contribution in [0.15, 0.2) is 12.1 Å². The van der Waals surface area contributed by atoms with Crippen LogP contribution in [-0.4, -0.2) is 0 Å². The SMILES string of the molecule is Fc1cc(F)c2c(c1)C(Cl)CCCC2. The standard InChI is InChI=1S/C11H11ClF2/c12-10-4-2-1-3-8-9(10)5-7(13)6-11(8)14/h5-6,10H,1-4H2. The predicted octanol–water partition coefficient (Wildman–Crippen LogP) is 3.97. The number of hydrogen-bond acceptors (Lipinski definition) is 0. The Morgan fingerprint density at radius 3 is 2.79 bits per heavy atom. The molecule has 0 aliphatic heterocycles. The van der Waals surface area contributed by atoms with Crippen LogP contribution < -0.4 is 0 Å². The van der Waals surface area contributed by atoms with E-state index in [9.17, 15) is 8.78 Å².